The Morgan fingerprint density at radius 2 is 0.706 bits per heavy atom. The van der Waals surface area contributed by atoms with Crippen molar-refractivity contribution in [3.8, 4) is 0 Å². The van der Waals surface area contributed by atoms with Crippen molar-refractivity contribution in [1.82, 2.24) is 0 Å². The zero-order valence-corrected chi connectivity index (χ0v) is 35.1. The van der Waals surface area contributed by atoms with Crippen molar-refractivity contribution in [2.45, 2.75) is 239 Å². The van der Waals surface area contributed by atoms with Crippen molar-refractivity contribution >= 4 is 22.0 Å². The summed E-state index contributed by atoms with van der Waals surface area (Å²) in [6.07, 6.45) is 39.1. The topological polar surface area (TPSA) is 144 Å². The van der Waals surface area contributed by atoms with Crippen molar-refractivity contribution in [1.29, 1.82) is 0 Å². The molecule has 4 N–H and O–H groups in total. The number of carbonyl (C=O) groups excluding carboxylic acids is 2. The van der Waals surface area contributed by atoms with Gasteiger partial charge in [-0.2, -0.15) is 8.42 Å². The second-order valence-corrected chi connectivity index (χ2v) is 16.6. The minimum atomic E-state index is -4.16. The normalized spacial score (nSPS) is 13.1. The lowest BCUT2D eigenvalue weighted by molar-refractivity contribution is -0.156. The number of Topliss-reactive ketones (excluding diaryl/α,β-unsaturated/α-hetero) is 2. The van der Waals surface area contributed by atoms with Crippen LogP contribution in [-0.4, -0.2) is 48.9 Å². The van der Waals surface area contributed by atoms with Gasteiger partial charge >= 0.3 is 10.4 Å². The molecule has 0 heterocycles. The van der Waals surface area contributed by atoms with E-state index in [1.807, 2.05) is 0 Å². The molecule has 0 saturated heterocycles. The van der Waals surface area contributed by atoms with E-state index in [4.69, 9.17) is 10.3 Å². The molecule has 51 heavy (non-hydrogen) atoms. The monoisotopic (exact) mass is 748 g/mol. The van der Waals surface area contributed by atoms with E-state index in [0.717, 1.165) is 45.6 Å². The first-order valence-corrected chi connectivity index (χ1v) is 22.7. The largest absolute Gasteiger partial charge is 0.397 e. The molecule has 0 saturated carbocycles. The molecule has 8 nitrogen and oxygen atoms in total. The van der Waals surface area contributed by atoms with Gasteiger partial charge in [-0.3, -0.25) is 18.3 Å². The molecular weight excluding hydrogens is 663 g/mol. The quantitative estimate of drug-likeness (QED) is 0.0323. The third kappa shape index (κ3) is 30.2. The van der Waals surface area contributed by atoms with Gasteiger partial charge in [-0.1, -0.05) is 194 Å². The molecule has 0 amide bonds. The molecule has 1 unspecified atom stereocenters. The highest BCUT2D eigenvalue weighted by Gasteiger charge is 2.52. The summed E-state index contributed by atoms with van der Waals surface area (Å²) < 4.78 is 29.7. The Balaban J connectivity index is 0. The summed E-state index contributed by atoms with van der Waals surface area (Å²) >= 11 is 0. The number of aliphatic hydroxyl groups is 1. The second kappa shape index (κ2) is 34.9. The highest BCUT2D eigenvalue weighted by Crippen LogP contribution is 2.36. The Morgan fingerprint density at radius 1 is 0.510 bits per heavy atom. The van der Waals surface area contributed by atoms with Gasteiger partial charge in [0.2, 0.25) is 0 Å². The molecule has 0 aliphatic rings. The molecule has 0 aromatic heterocycles. The first kappa shape index (κ1) is 52.2. The summed E-state index contributed by atoms with van der Waals surface area (Å²) in [5.74, 6) is -0.253. The first-order valence-electron chi connectivity index (χ1n) is 21.4. The van der Waals surface area contributed by atoms with Gasteiger partial charge in [0.05, 0.1) is 12.7 Å². The van der Waals surface area contributed by atoms with Crippen LogP contribution >= 0.6 is 0 Å². The molecule has 0 fully saturated rings. The molecule has 0 aliphatic heterocycles. The van der Waals surface area contributed by atoms with Gasteiger partial charge < -0.3 is 10.8 Å². The van der Waals surface area contributed by atoms with Crippen LogP contribution in [0.1, 0.15) is 233 Å². The summed E-state index contributed by atoms with van der Waals surface area (Å²) in [6, 6.07) is 0. The average Bonchev–Trinajstić information content (AvgIpc) is 3.10. The summed E-state index contributed by atoms with van der Waals surface area (Å²) in [6.45, 7) is 7.69. The number of hydrogen-bond acceptors (Lipinski definition) is 7. The molecule has 0 aromatic carbocycles. The van der Waals surface area contributed by atoms with Gasteiger partial charge in [-0.05, 0) is 26.7 Å². The summed E-state index contributed by atoms with van der Waals surface area (Å²) in [4.78, 5) is 26.7. The third-order valence-electron chi connectivity index (χ3n) is 10.8. The molecular formula is C42H85NO7S. The predicted octanol–water partition coefficient (Wildman–Crippen LogP) is 11.8. The second-order valence-electron chi connectivity index (χ2n) is 15.4. The SMILES string of the molecule is CCCCCCCCCCCCCCCCCC(=O)C(C)(C(=O)CCCCCCCCCCCCCCCCC)C(C)(O)CN.COS(=O)(=O)O. The van der Waals surface area contributed by atoms with Crippen LogP contribution in [0, 0.1) is 5.41 Å². The van der Waals surface area contributed by atoms with Crippen LogP contribution < -0.4 is 5.73 Å². The van der Waals surface area contributed by atoms with Crippen molar-refractivity contribution in [2.75, 3.05) is 13.7 Å². The maximum absolute atomic E-state index is 13.4. The van der Waals surface area contributed by atoms with E-state index in [2.05, 4.69) is 18.0 Å². The summed E-state index contributed by atoms with van der Waals surface area (Å²) in [5, 5.41) is 11.1. The zero-order chi connectivity index (χ0) is 38.7. The van der Waals surface area contributed by atoms with Crippen LogP contribution in [0.3, 0.4) is 0 Å². The molecule has 1 atom stereocenters. The highest BCUT2D eigenvalue weighted by atomic mass is 32.3. The maximum atomic E-state index is 13.4. The van der Waals surface area contributed by atoms with Crippen molar-refractivity contribution in [3.63, 3.8) is 0 Å². The van der Waals surface area contributed by atoms with E-state index in [9.17, 15) is 23.1 Å². The molecule has 306 valence electrons. The van der Waals surface area contributed by atoms with Gasteiger partial charge in [-0.25, -0.2) is 0 Å². The average molecular weight is 748 g/mol. The number of nitrogens with two attached hydrogens (primary N) is 1. The standard InChI is InChI=1S/C41H81NO3.CH4O4S/c1-5-7-9-11-13-15-17-19-21-23-25-27-29-31-33-35-38(43)41(4,40(3,45)37-42)39(44)36-34-32-30-28-26-24-22-20-18-16-14-12-10-8-6-2;1-5-6(2,3)4/h45H,5-37,42H2,1-4H3;1H3,(H,2,3,4). The fourth-order valence-corrected chi connectivity index (χ4v) is 6.77. The molecule has 0 bridgehead atoms. The lowest BCUT2D eigenvalue weighted by atomic mass is 9.66. The fraction of sp³-hybridized carbons (Fsp3) is 0.952. The van der Waals surface area contributed by atoms with Gasteiger partial charge in [0, 0.05) is 19.4 Å². The summed E-state index contributed by atoms with van der Waals surface area (Å²) in [7, 11) is -3.29. The van der Waals surface area contributed by atoms with Gasteiger partial charge in [-0.15, -0.1) is 0 Å². The van der Waals surface area contributed by atoms with Gasteiger partial charge in [0.15, 0.2) is 0 Å². The highest BCUT2D eigenvalue weighted by molar-refractivity contribution is 7.80. The third-order valence-corrected chi connectivity index (χ3v) is 11.2. The van der Waals surface area contributed by atoms with Gasteiger partial charge in [0.25, 0.3) is 0 Å². The van der Waals surface area contributed by atoms with E-state index in [-0.39, 0.29) is 18.1 Å². The Kier molecular flexibility index (Phi) is 35.7. The minimum Gasteiger partial charge on any atom is -0.387 e. The predicted molar refractivity (Wildman–Crippen MR) is 215 cm³/mol. The van der Waals surface area contributed by atoms with E-state index in [0.29, 0.717) is 12.8 Å². The van der Waals surface area contributed by atoms with Crippen LogP contribution in [0.15, 0.2) is 0 Å². The van der Waals surface area contributed by atoms with Crippen LogP contribution in [0.2, 0.25) is 0 Å². The number of ketones is 2. The first-order chi connectivity index (χ1) is 24.3. The van der Waals surface area contributed by atoms with Crippen molar-refractivity contribution in [2.24, 2.45) is 11.1 Å². The number of hydrogen-bond donors (Lipinski definition) is 3. The van der Waals surface area contributed by atoms with Crippen molar-refractivity contribution in [3.05, 3.63) is 0 Å². The zero-order valence-electron chi connectivity index (χ0n) is 34.3. The Hall–Kier alpha value is -0.870. The maximum Gasteiger partial charge on any atom is 0.397 e. The number of unbranched alkanes of at least 4 members (excludes halogenated alkanes) is 28. The Morgan fingerprint density at radius 3 is 0.882 bits per heavy atom. The van der Waals surface area contributed by atoms with Crippen molar-refractivity contribution < 1.29 is 31.8 Å². The van der Waals surface area contributed by atoms with Crippen LogP contribution in [0.5, 0.6) is 0 Å². The van der Waals surface area contributed by atoms with Crippen LogP contribution in [0.4, 0.5) is 0 Å². The van der Waals surface area contributed by atoms with E-state index >= 15 is 0 Å². The molecule has 0 radical (unpaired) electrons. The smallest absolute Gasteiger partial charge is 0.387 e. The molecule has 0 rings (SSSR count). The van der Waals surface area contributed by atoms with E-state index in [1.165, 1.54) is 154 Å². The minimum absolute atomic E-state index is 0.0846. The lowest BCUT2D eigenvalue weighted by Crippen LogP contribution is -2.58. The number of rotatable bonds is 37. The van der Waals surface area contributed by atoms with Gasteiger partial charge in [0.1, 0.15) is 17.0 Å². The van der Waals surface area contributed by atoms with E-state index < -0.39 is 21.4 Å². The molecule has 0 aromatic rings. The molecule has 0 aliphatic carbocycles. The Bertz CT molecular complexity index is 861. The van der Waals surface area contributed by atoms with Crippen LogP contribution in [0.25, 0.3) is 0 Å². The molecule has 9 heteroatoms. The summed E-state index contributed by atoms with van der Waals surface area (Å²) in [5.41, 5.74) is 2.97. The molecule has 0 spiro atoms. The Labute approximate surface area is 316 Å². The number of carbonyl (C=O) groups is 2. The van der Waals surface area contributed by atoms with E-state index in [1.54, 1.807) is 13.8 Å². The fourth-order valence-electron chi connectivity index (χ4n) is 6.77. The lowest BCUT2D eigenvalue weighted by Gasteiger charge is -2.39. The van der Waals surface area contributed by atoms with Crippen LogP contribution in [-0.2, 0) is 24.2 Å².